The van der Waals surface area contributed by atoms with Gasteiger partial charge in [-0.25, -0.2) is 12.7 Å². The second kappa shape index (κ2) is 7.27. The third-order valence-electron chi connectivity index (χ3n) is 6.99. The Morgan fingerprint density at radius 1 is 1.24 bits per heavy atom. The number of aromatic nitrogens is 1. The topological polar surface area (TPSA) is 75.0 Å². The van der Waals surface area contributed by atoms with E-state index in [4.69, 9.17) is 4.74 Å². The average Bonchev–Trinajstić information content (AvgIpc) is 3.01. The molecule has 2 aliphatic heterocycles. The van der Waals surface area contributed by atoms with E-state index in [9.17, 15) is 13.5 Å². The van der Waals surface area contributed by atoms with Gasteiger partial charge in [-0.2, -0.15) is 0 Å². The van der Waals surface area contributed by atoms with Crippen LogP contribution in [0.2, 0.25) is 0 Å². The number of ether oxygens (including phenoxy) is 1. The molecule has 0 aliphatic carbocycles. The van der Waals surface area contributed by atoms with Gasteiger partial charge in [-0.3, -0.25) is 4.90 Å². The van der Waals surface area contributed by atoms with Gasteiger partial charge in [-0.1, -0.05) is 0 Å². The molecule has 4 rings (SSSR count). The Balaban J connectivity index is 1.86. The summed E-state index contributed by atoms with van der Waals surface area (Å²) < 4.78 is 34.0. The molecule has 1 aromatic heterocycles. The van der Waals surface area contributed by atoms with E-state index in [0.717, 1.165) is 36.3 Å². The number of benzene rings is 1. The number of fused-ring (bicyclic) bond motifs is 4. The van der Waals surface area contributed by atoms with E-state index in [-0.39, 0.29) is 23.8 Å². The van der Waals surface area contributed by atoms with Crippen molar-refractivity contribution in [2.45, 2.75) is 31.2 Å². The van der Waals surface area contributed by atoms with Crippen LogP contribution in [0.5, 0.6) is 5.75 Å². The van der Waals surface area contributed by atoms with Gasteiger partial charge < -0.3 is 14.4 Å². The van der Waals surface area contributed by atoms with E-state index in [1.807, 2.05) is 19.2 Å². The van der Waals surface area contributed by atoms with Crippen LogP contribution in [-0.4, -0.2) is 73.4 Å². The summed E-state index contributed by atoms with van der Waals surface area (Å²) in [5.74, 6) is 0.952. The number of methoxy groups -OCH3 is 1. The summed E-state index contributed by atoms with van der Waals surface area (Å²) in [5, 5.41) is 11.3. The van der Waals surface area contributed by atoms with Crippen LogP contribution in [0.3, 0.4) is 0 Å². The molecule has 0 bridgehead atoms. The molecule has 7 nitrogen and oxygen atoms in total. The zero-order chi connectivity index (χ0) is 21.0. The van der Waals surface area contributed by atoms with Crippen molar-refractivity contribution >= 4 is 20.9 Å². The Kier molecular flexibility index (Phi) is 5.17. The second-order valence-corrected chi connectivity index (χ2v) is 10.7. The highest BCUT2D eigenvalue weighted by molar-refractivity contribution is 7.89. The van der Waals surface area contributed by atoms with Gasteiger partial charge in [0.1, 0.15) is 5.75 Å². The summed E-state index contributed by atoms with van der Waals surface area (Å²) >= 11 is 0. The van der Waals surface area contributed by atoms with Crippen LogP contribution in [0, 0.1) is 0 Å². The second-order valence-electron chi connectivity index (χ2n) is 8.40. The Hall–Kier alpha value is -1.61. The molecule has 0 radical (unpaired) electrons. The molecule has 1 fully saturated rings. The minimum atomic E-state index is -3.17. The van der Waals surface area contributed by atoms with E-state index in [1.54, 1.807) is 18.3 Å². The lowest BCUT2D eigenvalue weighted by atomic mass is 9.68. The van der Waals surface area contributed by atoms with Gasteiger partial charge in [-0.15, -0.1) is 0 Å². The van der Waals surface area contributed by atoms with Gasteiger partial charge in [0.05, 0.1) is 31.0 Å². The van der Waals surface area contributed by atoms with Crippen molar-refractivity contribution in [1.82, 2.24) is 13.8 Å². The first-order chi connectivity index (χ1) is 13.8. The number of sulfonamides is 1. The molecule has 2 aromatic rings. The molecular formula is C21H31N3O4S. The summed E-state index contributed by atoms with van der Waals surface area (Å²) in [6.07, 6.45) is 1.57. The molecule has 1 N–H and O–H groups in total. The summed E-state index contributed by atoms with van der Waals surface area (Å²) in [7, 11) is 2.60. The summed E-state index contributed by atoms with van der Waals surface area (Å²) in [5.41, 5.74) is 3.38. The van der Waals surface area contributed by atoms with Crippen molar-refractivity contribution in [3.63, 3.8) is 0 Å². The molecule has 1 saturated heterocycles. The van der Waals surface area contributed by atoms with Gasteiger partial charge in [0.25, 0.3) is 0 Å². The SMILES string of the molecule is CCS(=O)(=O)N1CCC2(CC1)CN(C)[C@H](CO)c1c2c2ccc(OC)cc2n1C. The minimum absolute atomic E-state index is 0.0528. The smallest absolute Gasteiger partial charge is 0.213 e. The Morgan fingerprint density at radius 2 is 1.93 bits per heavy atom. The molecule has 1 atom stereocenters. The maximum Gasteiger partial charge on any atom is 0.213 e. The van der Waals surface area contributed by atoms with Gasteiger partial charge in [-0.05, 0) is 44.5 Å². The largest absolute Gasteiger partial charge is 0.497 e. The quantitative estimate of drug-likeness (QED) is 0.816. The number of aryl methyl sites for hydroxylation is 1. The zero-order valence-corrected chi connectivity index (χ0v) is 18.5. The van der Waals surface area contributed by atoms with Crippen molar-refractivity contribution < 1.29 is 18.3 Å². The molecule has 8 heteroatoms. The third-order valence-corrected chi connectivity index (χ3v) is 8.88. The van der Waals surface area contributed by atoms with E-state index in [1.165, 1.54) is 10.9 Å². The molecule has 0 saturated carbocycles. The van der Waals surface area contributed by atoms with Crippen LogP contribution in [0.15, 0.2) is 18.2 Å². The average molecular weight is 422 g/mol. The highest BCUT2D eigenvalue weighted by Crippen LogP contribution is 2.49. The fraction of sp³-hybridized carbons (Fsp3) is 0.619. The first-order valence-corrected chi connectivity index (χ1v) is 11.8. The zero-order valence-electron chi connectivity index (χ0n) is 17.7. The van der Waals surface area contributed by atoms with Gasteiger partial charge in [0.15, 0.2) is 0 Å². The number of aliphatic hydroxyl groups excluding tert-OH is 1. The van der Waals surface area contributed by atoms with E-state index < -0.39 is 10.0 Å². The van der Waals surface area contributed by atoms with Crippen molar-refractivity contribution in [2.75, 3.05) is 46.2 Å². The van der Waals surface area contributed by atoms with Crippen LogP contribution in [-0.2, 0) is 22.5 Å². The summed E-state index contributed by atoms with van der Waals surface area (Å²) in [4.78, 5) is 2.22. The molecule has 1 aromatic carbocycles. The predicted octanol–water partition coefficient (Wildman–Crippen LogP) is 1.85. The molecule has 3 heterocycles. The lowest BCUT2D eigenvalue weighted by Crippen LogP contribution is -2.54. The van der Waals surface area contributed by atoms with Crippen molar-refractivity contribution in [3.05, 3.63) is 29.5 Å². The number of rotatable bonds is 4. The maximum absolute atomic E-state index is 12.4. The molecule has 0 amide bonds. The number of aliphatic hydroxyl groups is 1. The maximum atomic E-state index is 12.4. The number of nitrogens with zero attached hydrogens (tertiary/aromatic N) is 3. The van der Waals surface area contributed by atoms with Gasteiger partial charge >= 0.3 is 0 Å². The summed E-state index contributed by atoms with van der Waals surface area (Å²) in [6.45, 7) is 3.66. The Bertz CT molecular complexity index is 1020. The molecule has 0 unspecified atom stereocenters. The summed E-state index contributed by atoms with van der Waals surface area (Å²) in [6, 6.07) is 6.08. The Morgan fingerprint density at radius 3 is 2.52 bits per heavy atom. The molecular weight excluding hydrogens is 390 g/mol. The van der Waals surface area contributed by atoms with Crippen molar-refractivity contribution in [1.29, 1.82) is 0 Å². The lowest BCUT2D eigenvalue weighted by molar-refractivity contribution is 0.0775. The highest BCUT2D eigenvalue weighted by atomic mass is 32.2. The fourth-order valence-corrected chi connectivity index (χ4v) is 6.50. The van der Waals surface area contributed by atoms with Crippen LogP contribution in [0.25, 0.3) is 10.9 Å². The number of likely N-dealkylation sites (N-methyl/N-ethyl adjacent to an activating group) is 1. The standard InChI is InChI=1S/C21H31N3O4S/c1-5-29(26,27)24-10-8-21(9-11-24)14-22(2)18(13-25)20-19(21)16-7-6-15(28-4)12-17(16)23(20)3/h6-7,12,18,25H,5,8-11,13-14H2,1-4H3/t18-/m1/s1. The van der Waals surface area contributed by atoms with E-state index >= 15 is 0 Å². The number of hydrogen-bond acceptors (Lipinski definition) is 5. The molecule has 2 aliphatic rings. The molecule has 160 valence electrons. The minimum Gasteiger partial charge on any atom is -0.497 e. The lowest BCUT2D eigenvalue weighted by Gasteiger charge is -2.49. The number of hydrogen-bond donors (Lipinski definition) is 1. The van der Waals surface area contributed by atoms with Crippen LogP contribution in [0.4, 0.5) is 0 Å². The first kappa shape index (κ1) is 20.7. The third kappa shape index (κ3) is 3.08. The van der Waals surface area contributed by atoms with E-state index in [2.05, 4.69) is 22.6 Å². The predicted molar refractivity (Wildman–Crippen MR) is 114 cm³/mol. The number of piperidine rings is 1. The van der Waals surface area contributed by atoms with Gasteiger partial charge in [0.2, 0.25) is 10.0 Å². The molecule has 29 heavy (non-hydrogen) atoms. The van der Waals surface area contributed by atoms with Crippen LogP contribution >= 0.6 is 0 Å². The fourth-order valence-electron chi connectivity index (χ4n) is 5.39. The van der Waals surface area contributed by atoms with Crippen LogP contribution in [0.1, 0.15) is 37.1 Å². The van der Waals surface area contributed by atoms with Crippen LogP contribution < -0.4 is 4.74 Å². The first-order valence-electron chi connectivity index (χ1n) is 10.2. The Labute approximate surface area is 172 Å². The molecule has 1 spiro atoms. The normalized spacial score (nSPS) is 22.9. The highest BCUT2D eigenvalue weighted by Gasteiger charge is 2.48. The van der Waals surface area contributed by atoms with Crippen molar-refractivity contribution in [2.24, 2.45) is 7.05 Å². The van der Waals surface area contributed by atoms with Gasteiger partial charge in [0, 0.05) is 49.2 Å². The monoisotopic (exact) mass is 421 g/mol. The van der Waals surface area contributed by atoms with Crippen molar-refractivity contribution in [3.8, 4) is 5.75 Å². The van der Waals surface area contributed by atoms with E-state index in [0.29, 0.717) is 13.1 Å².